The molecule has 7 heteroatoms. The van der Waals surface area contributed by atoms with E-state index in [4.69, 9.17) is 4.99 Å². The minimum Gasteiger partial charge on any atom is -0.357 e. The van der Waals surface area contributed by atoms with Crippen molar-refractivity contribution in [1.29, 1.82) is 0 Å². The fourth-order valence-corrected chi connectivity index (χ4v) is 3.29. The first-order chi connectivity index (χ1) is 14.1. The summed E-state index contributed by atoms with van der Waals surface area (Å²) in [6, 6.07) is 16.6. The standard InChI is InChI=1S/C23H29FN4O.HI/c1-2-25-22(28-17-23(12-13-23)19-6-4-3-5-7-19)27-15-14-26-21(29)16-18-8-10-20(24)11-9-18;/h3-11H,2,12-17H2,1H3,(H,26,29)(H2,25,27,28);1H. The Hall–Kier alpha value is -2.16. The Kier molecular flexibility index (Phi) is 9.55. The average Bonchev–Trinajstić information content (AvgIpc) is 3.53. The molecule has 3 rings (SSSR count). The van der Waals surface area contributed by atoms with Gasteiger partial charge in [-0.15, -0.1) is 24.0 Å². The summed E-state index contributed by atoms with van der Waals surface area (Å²) in [4.78, 5) is 16.8. The number of aliphatic imine (C=N–C) groups is 1. The fraction of sp³-hybridized carbons (Fsp3) is 0.391. The van der Waals surface area contributed by atoms with Crippen LogP contribution in [0.1, 0.15) is 30.9 Å². The Balaban J connectivity index is 0.00000320. The summed E-state index contributed by atoms with van der Waals surface area (Å²) in [5.74, 6) is 0.387. The highest BCUT2D eigenvalue weighted by atomic mass is 127. The van der Waals surface area contributed by atoms with E-state index in [1.807, 2.05) is 13.0 Å². The molecule has 0 heterocycles. The van der Waals surface area contributed by atoms with Gasteiger partial charge in [-0.3, -0.25) is 9.79 Å². The summed E-state index contributed by atoms with van der Waals surface area (Å²) in [5, 5.41) is 9.41. The third-order valence-electron chi connectivity index (χ3n) is 5.14. The van der Waals surface area contributed by atoms with Crippen LogP contribution in [0.5, 0.6) is 0 Å². The fourth-order valence-electron chi connectivity index (χ4n) is 3.29. The van der Waals surface area contributed by atoms with Crippen molar-refractivity contribution in [3.05, 3.63) is 71.5 Å². The number of hydrogen-bond donors (Lipinski definition) is 3. The van der Waals surface area contributed by atoms with Gasteiger partial charge < -0.3 is 16.0 Å². The van der Waals surface area contributed by atoms with E-state index in [1.54, 1.807) is 12.1 Å². The van der Waals surface area contributed by atoms with Crippen molar-refractivity contribution in [2.24, 2.45) is 4.99 Å². The number of rotatable bonds is 9. The van der Waals surface area contributed by atoms with Gasteiger partial charge in [-0.05, 0) is 43.0 Å². The molecule has 0 atom stereocenters. The zero-order valence-electron chi connectivity index (χ0n) is 17.3. The van der Waals surface area contributed by atoms with E-state index in [2.05, 4.69) is 40.2 Å². The Morgan fingerprint density at radius 2 is 1.67 bits per heavy atom. The van der Waals surface area contributed by atoms with E-state index >= 15 is 0 Å². The van der Waals surface area contributed by atoms with E-state index in [-0.39, 0.29) is 47.5 Å². The second-order valence-corrected chi connectivity index (χ2v) is 7.42. The highest BCUT2D eigenvalue weighted by molar-refractivity contribution is 14.0. The smallest absolute Gasteiger partial charge is 0.224 e. The molecule has 0 aliphatic heterocycles. The summed E-state index contributed by atoms with van der Waals surface area (Å²) in [5.41, 5.74) is 2.32. The minimum atomic E-state index is -0.297. The monoisotopic (exact) mass is 524 g/mol. The molecular formula is C23H30FIN4O. The summed E-state index contributed by atoms with van der Waals surface area (Å²) in [6.07, 6.45) is 2.58. The van der Waals surface area contributed by atoms with Crippen LogP contribution in [0.3, 0.4) is 0 Å². The lowest BCUT2D eigenvalue weighted by Crippen LogP contribution is -2.42. The Morgan fingerprint density at radius 3 is 2.30 bits per heavy atom. The van der Waals surface area contributed by atoms with Crippen molar-refractivity contribution < 1.29 is 9.18 Å². The van der Waals surface area contributed by atoms with Gasteiger partial charge in [-0.2, -0.15) is 0 Å². The molecule has 0 spiro atoms. The van der Waals surface area contributed by atoms with E-state index in [0.29, 0.717) is 13.1 Å². The first kappa shape index (κ1) is 24.1. The van der Waals surface area contributed by atoms with Gasteiger partial charge in [0, 0.05) is 25.0 Å². The van der Waals surface area contributed by atoms with Crippen LogP contribution in [0.2, 0.25) is 0 Å². The van der Waals surface area contributed by atoms with Crippen LogP contribution in [0, 0.1) is 5.82 Å². The first-order valence-electron chi connectivity index (χ1n) is 10.2. The van der Waals surface area contributed by atoms with Crippen molar-refractivity contribution in [2.75, 3.05) is 26.2 Å². The second kappa shape index (κ2) is 11.9. The zero-order valence-corrected chi connectivity index (χ0v) is 19.6. The number of nitrogens with one attached hydrogen (secondary N) is 3. The number of halogens is 2. The number of carbonyl (C=O) groups excluding carboxylic acids is 1. The van der Waals surface area contributed by atoms with Gasteiger partial charge in [0.25, 0.3) is 0 Å². The van der Waals surface area contributed by atoms with Crippen LogP contribution in [-0.4, -0.2) is 38.0 Å². The zero-order chi connectivity index (χ0) is 20.5. The molecule has 0 saturated heterocycles. The average molecular weight is 524 g/mol. The number of hydrogen-bond acceptors (Lipinski definition) is 2. The molecule has 1 aliphatic rings. The number of carbonyl (C=O) groups is 1. The van der Waals surface area contributed by atoms with E-state index in [1.165, 1.54) is 30.5 Å². The maximum atomic E-state index is 12.9. The molecule has 1 amide bonds. The van der Waals surface area contributed by atoms with Crippen molar-refractivity contribution in [3.8, 4) is 0 Å². The van der Waals surface area contributed by atoms with Crippen LogP contribution in [0.4, 0.5) is 4.39 Å². The minimum absolute atomic E-state index is 0. The Labute approximate surface area is 195 Å². The van der Waals surface area contributed by atoms with Crippen LogP contribution in [-0.2, 0) is 16.6 Å². The molecule has 0 bridgehead atoms. The van der Waals surface area contributed by atoms with Gasteiger partial charge in [0.05, 0.1) is 13.0 Å². The number of amides is 1. The van der Waals surface area contributed by atoms with Gasteiger partial charge in [-0.1, -0.05) is 42.5 Å². The van der Waals surface area contributed by atoms with Crippen LogP contribution in [0.15, 0.2) is 59.6 Å². The van der Waals surface area contributed by atoms with Crippen molar-refractivity contribution in [3.63, 3.8) is 0 Å². The van der Waals surface area contributed by atoms with Gasteiger partial charge in [-0.25, -0.2) is 4.39 Å². The van der Waals surface area contributed by atoms with Crippen LogP contribution < -0.4 is 16.0 Å². The van der Waals surface area contributed by atoms with Crippen molar-refractivity contribution in [2.45, 2.75) is 31.6 Å². The quantitative estimate of drug-likeness (QED) is 0.204. The molecule has 0 unspecified atom stereocenters. The first-order valence-corrected chi connectivity index (χ1v) is 10.2. The predicted octanol–water partition coefficient (Wildman–Crippen LogP) is 3.39. The molecule has 0 aromatic heterocycles. The van der Waals surface area contributed by atoms with Crippen LogP contribution in [0.25, 0.3) is 0 Å². The maximum Gasteiger partial charge on any atom is 0.224 e. The molecule has 2 aromatic carbocycles. The molecule has 162 valence electrons. The number of benzene rings is 2. The summed E-state index contributed by atoms with van der Waals surface area (Å²) < 4.78 is 12.9. The lowest BCUT2D eigenvalue weighted by atomic mass is 9.96. The second-order valence-electron chi connectivity index (χ2n) is 7.42. The maximum absolute atomic E-state index is 12.9. The SMILES string of the molecule is CCNC(=NCC1(c2ccccc2)CC1)NCCNC(=O)Cc1ccc(F)cc1.I. The van der Waals surface area contributed by atoms with Crippen LogP contribution >= 0.6 is 24.0 Å². The molecule has 1 aliphatic carbocycles. The molecule has 30 heavy (non-hydrogen) atoms. The Morgan fingerprint density at radius 1 is 1.00 bits per heavy atom. The van der Waals surface area contributed by atoms with Gasteiger partial charge in [0.1, 0.15) is 5.82 Å². The van der Waals surface area contributed by atoms with E-state index in [0.717, 1.165) is 24.6 Å². The highest BCUT2D eigenvalue weighted by Crippen LogP contribution is 2.48. The van der Waals surface area contributed by atoms with Crippen molar-refractivity contribution in [1.82, 2.24) is 16.0 Å². The third kappa shape index (κ3) is 7.27. The lowest BCUT2D eigenvalue weighted by Gasteiger charge is -2.16. The van der Waals surface area contributed by atoms with Gasteiger partial charge >= 0.3 is 0 Å². The molecule has 2 aromatic rings. The summed E-state index contributed by atoms with van der Waals surface area (Å²) >= 11 is 0. The largest absolute Gasteiger partial charge is 0.357 e. The molecular weight excluding hydrogens is 494 g/mol. The normalized spacial score (nSPS) is 14.4. The van der Waals surface area contributed by atoms with Gasteiger partial charge in [0.2, 0.25) is 5.91 Å². The highest BCUT2D eigenvalue weighted by Gasteiger charge is 2.43. The van der Waals surface area contributed by atoms with E-state index < -0.39 is 0 Å². The van der Waals surface area contributed by atoms with E-state index in [9.17, 15) is 9.18 Å². The number of nitrogens with zero attached hydrogens (tertiary/aromatic N) is 1. The molecule has 5 nitrogen and oxygen atoms in total. The van der Waals surface area contributed by atoms with Crippen molar-refractivity contribution >= 4 is 35.8 Å². The lowest BCUT2D eigenvalue weighted by molar-refractivity contribution is -0.120. The van der Waals surface area contributed by atoms with Gasteiger partial charge in [0.15, 0.2) is 5.96 Å². The molecule has 1 saturated carbocycles. The summed E-state index contributed by atoms with van der Waals surface area (Å²) in [6.45, 7) is 4.64. The topological polar surface area (TPSA) is 65.5 Å². The number of guanidine groups is 1. The predicted molar refractivity (Wildman–Crippen MR) is 130 cm³/mol. The summed E-state index contributed by atoms with van der Waals surface area (Å²) in [7, 11) is 0. The molecule has 3 N–H and O–H groups in total. The molecule has 1 fully saturated rings. The Bertz CT molecular complexity index is 823. The third-order valence-corrected chi connectivity index (χ3v) is 5.14. The molecule has 0 radical (unpaired) electrons.